The molecule has 0 bridgehead atoms. The van der Waals surface area contributed by atoms with Crippen LogP contribution in [0.25, 0.3) is 0 Å². The molecular formula is C20H28N2O4. The number of hydrogen-bond acceptors (Lipinski definition) is 5. The van der Waals surface area contributed by atoms with Crippen LogP contribution >= 0.6 is 0 Å². The second-order valence-electron chi connectivity index (χ2n) is 7.36. The molecule has 2 fully saturated rings. The molecule has 2 N–H and O–H groups in total. The molecule has 1 aliphatic heterocycles. The van der Waals surface area contributed by atoms with Crippen molar-refractivity contribution in [3.63, 3.8) is 0 Å². The van der Waals surface area contributed by atoms with Crippen LogP contribution in [-0.2, 0) is 14.3 Å². The van der Waals surface area contributed by atoms with Gasteiger partial charge in [-0.1, -0.05) is 43.2 Å². The Morgan fingerprint density at radius 1 is 1.27 bits per heavy atom. The van der Waals surface area contributed by atoms with Gasteiger partial charge >= 0.3 is 5.97 Å². The van der Waals surface area contributed by atoms with Gasteiger partial charge in [-0.05, 0) is 24.3 Å². The molecule has 1 aliphatic carbocycles. The van der Waals surface area contributed by atoms with Gasteiger partial charge in [0.25, 0.3) is 0 Å². The summed E-state index contributed by atoms with van der Waals surface area (Å²) in [5.74, 6) is -0.0690. The minimum absolute atomic E-state index is 0.00435. The van der Waals surface area contributed by atoms with E-state index in [2.05, 4.69) is 17.4 Å². The molecule has 0 aromatic heterocycles. The number of rotatable bonds is 6. The zero-order valence-electron chi connectivity index (χ0n) is 15.3. The lowest BCUT2D eigenvalue weighted by molar-refractivity contribution is -0.146. The van der Waals surface area contributed by atoms with E-state index >= 15 is 0 Å². The highest BCUT2D eigenvalue weighted by Crippen LogP contribution is 2.35. The van der Waals surface area contributed by atoms with Crippen molar-refractivity contribution in [2.75, 3.05) is 20.2 Å². The molecule has 1 heterocycles. The Balaban J connectivity index is 1.67. The summed E-state index contributed by atoms with van der Waals surface area (Å²) in [7, 11) is 1.33. The van der Waals surface area contributed by atoms with Gasteiger partial charge in [-0.25, -0.2) is 0 Å². The Morgan fingerprint density at radius 2 is 1.96 bits per heavy atom. The average molecular weight is 360 g/mol. The summed E-state index contributed by atoms with van der Waals surface area (Å²) in [6.45, 7) is 0.402. The third-order valence-corrected chi connectivity index (χ3v) is 5.55. The molecule has 0 radical (unpaired) electrons. The Morgan fingerprint density at radius 3 is 2.62 bits per heavy atom. The topological polar surface area (TPSA) is 78.9 Å². The van der Waals surface area contributed by atoms with E-state index in [1.54, 1.807) is 4.90 Å². The number of carbonyl (C=O) groups excluding carboxylic acids is 2. The number of hydrogen-bond donors (Lipinski definition) is 2. The zero-order chi connectivity index (χ0) is 18.5. The molecule has 0 spiro atoms. The van der Waals surface area contributed by atoms with Crippen molar-refractivity contribution in [2.45, 2.75) is 50.3 Å². The van der Waals surface area contributed by atoms with E-state index in [9.17, 15) is 14.7 Å². The molecule has 3 atom stereocenters. The van der Waals surface area contributed by atoms with Crippen LogP contribution in [0.1, 0.15) is 43.7 Å². The first-order chi connectivity index (χ1) is 12.6. The molecule has 142 valence electrons. The van der Waals surface area contributed by atoms with E-state index in [4.69, 9.17) is 4.74 Å². The summed E-state index contributed by atoms with van der Waals surface area (Å²) >= 11 is 0. The Hall–Kier alpha value is -1.92. The number of aliphatic hydroxyl groups is 1. The van der Waals surface area contributed by atoms with Crippen LogP contribution in [0.15, 0.2) is 30.3 Å². The summed E-state index contributed by atoms with van der Waals surface area (Å²) in [4.78, 5) is 26.3. The quantitative estimate of drug-likeness (QED) is 0.754. The standard InChI is InChI=1S/C20H28N2O4/c1-26-20(25)17-11-16(23)12-22(17)13-18(24)21-19(15-9-5-6-10-15)14-7-3-2-4-8-14/h2-4,7-8,15-17,19,23H,5-6,9-13H2,1H3,(H,21,24)/t16-,17+,19?/m1/s1. The number of nitrogens with one attached hydrogen (secondary N) is 1. The zero-order valence-corrected chi connectivity index (χ0v) is 15.3. The summed E-state index contributed by atoms with van der Waals surface area (Å²) in [6.07, 6.45) is 4.34. The van der Waals surface area contributed by atoms with Gasteiger partial charge < -0.3 is 15.2 Å². The molecule has 2 aliphatic rings. The molecule has 26 heavy (non-hydrogen) atoms. The van der Waals surface area contributed by atoms with E-state index < -0.39 is 18.1 Å². The Kier molecular flexibility index (Phi) is 6.27. The highest BCUT2D eigenvalue weighted by atomic mass is 16.5. The molecule has 1 aromatic rings. The number of nitrogens with zero attached hydrogens (tertiary/aromatic N) is 1. The van der Waals surface area contributed by atoms with Crippen molar-refractivity contribution in [3.8, 4) is 0 Å². The van der Waals surface area contributed by atoms with Gasteiger partial charge in [0.15, 0.2) is 0 Å². The van der Waals surface area contributed by atoms with E-state index in [1.807, 2.05) is 18.2 Å². The summed E-state index contributed by atoms with van der Waals surface area (Å²) in [6, 6.07) is 9.52. The maximum Gasteiger partial charge on any atom is 0.323 e. The number of carbonyl (C=O) groups is 2. The van der Waals surface area contributed by atoms with Crippen LogP contribution in [0.4, 0.5) is 0 Å². The van der Waals surface area contributed by atoms with Gasteiger partial charge in [0.1, 0.15) is 6.04 Å². The SMILES string of the molecule is COC(=O)[C@@H]1C[C@@H](O)CN1CC(=O)NC(c1ccccc1)C1CCCC1. The third kappa shape index (κ3) is 4.43. The number of methoxy groups -OCH3 is 1. The van der Waals surface area contributed by atoms with Crippen LogP contribution in [0.5, 0.6) is 0 Å². The van der Waals surface area contributed by atoms with Gasteiger partial charge in [-0.2, -0.15) is 0 Å². The molecule has 1 unspecified atom stereocenters. The summed E-state index contributed by atoms with van der Waals surface area (Å²) < 4.78 is 4.80. The fraction of sp³-hybridized carbons (Fsp3) is 0.600. The second kappa shape index (κ2) is 8.64. The van der Waals surface area contributed by atoms with Crippen LogP contribution < -0.4 is 5.32 Å². The fourth-order valence-corrected chi connectivity index (χ4v) is 4.26. The number of esters is 1. The highest BCUT2D eigenvalue weighted by Gasteiger charge is 2.38. The van der Waals surface area contributed by atoms with Gasteiger partial charge in [-0.3, -0.25) is 14.5 Å². The molecule has 1 amide bonds. The van der Waals surface area contributed by atoms with Crippen molar-refractivity contribution in [1.29, 1.82) is 0 Å². The van der Waals surface area contributed by atoms with E-state index in [1.165, 1.54) is 20.0 Å². The van der Waals surface area contributed by atoms with Gasteiger partial charge in [0.2, 0.25) is 5.91 Å². The maximum atomic E-state index is 12.7. The minimum atomic E-state index is -0.605. The lowest BCUT2D eigenvalue weighted by Gasteiger charge is -2.27. The predicted octanol–water partition coefficient (Wildman–Crippen LogP) is 1.64. The Labute approximate surface area is 154 Å². The average Bonchev–Trinajstić information content (AvgIpc) is 3.29. The van der Waals surface area contributed by atoms with Crippen LogP contribution in [0, 0.1) is 5.92 Å². The molecule has 1 saturated carbocycles. The molecule has 6 heteroatoms. The fourth-order valence-electron chi connectivity index (χ4n) is 4.26. The summed E-state index contributed by atoms with van der Waals surface area (Å²) in [5.41, 5.74) is 1.12. The molecule has 1 saturated heterocycles. The molecule has 1 aromatic carbocycles. The first kappa shape index (κ1) is 18.9. The lowest BCUT2D eigenvalue weighted by Crippen LogP contribution is -2.45. The monoisotopic (exact) mass is 360 g/mol. The number of amides is 1. The first-order valence-electron chi connectivity index (χ1n) is 9.42. The highest BCUT2D eigenvalue weighted by molar-refractivity contribution is 5.81. The van der Waals surface area contributed by atoms with Crippen molar-refractivity contribution in [3.05, 3.63) is 35.9 Å². The van der Waals surface area contributed by atoms with Gasteiger partial charge in [0.05, 0.1) is 25.8 Å². The lowest BCUT2D eigenvalue weighted by atomic mass is 9.91. The van der Waals surface area contributed by atoms with Crippen molar-refractivity contribution in [2.24, 2.45) is 5.92 Å². The Bertz CT molecular complexity index is 615. The molecule has 6 nitrogen and oxygen atoms in total. The van der Waals surface area contributed by atoms with E-state index in [0.717, 1.165) is 18.4 Å². The first-order valence-corrected chi connectivity index (χ1v) is 9.42. The van der Waals surface area contributed by atoms with Crippen molar-refractivity contribution < 1.29 is 19.4 Å². The molecular weight excluding hydrogens is 332 g/mol. The predicted molar refractivity (Wildman–Crippen MR) is 97.3 cm³/mol. The number of benzene rings is 1. The normalized spacial score (nSPS) is 25.2. The third-order valence-electron chi connectivity index (χ3n) is 5.55. The second-order valence-corrected chi connectivity index (χ2v) is 7.36. The number of aliphatic hydroxyl groups excluding tert-OH is 1. The van der Waals surface area contributed by atoms with Crippen molar-refractivity contribution in [1.82, 2.24) is 10.2 Å². The summed E-state index contributed by atoms with van der Waals surface area (Å²) in [5, 5.41) is 13.1. The van der Waals surface area contributed by atoms with Gasteiger partial charge in [0, 0.05) is 13.0 Å². The van der Waals surface area contributed by atoms with Crippen LogP contribution in [0.3, 0.4) is 0 Å². The number of β-amino-alcohol motifs (C(OH)–C–C–N with tert-alkyl or cyclic N) is 1. The largest absolute Gasteiger partial charge is 0.468 e. The minimum Gasteiger partial charge on any atom is -0.468 e. The van der Waals surface area contributed by atoms with Gasteiger partial charge in [-0.15, -0.1) is 0 Å². The smallest absolute Gasteiger partial charge is 0.323 e. The maximum absolute atomic E-state index is 12.7. The van der Waals surface area contributed by atoms with Crippen LogP contribution in [0.2, 0.25) is 0 Å². The van der Waals surface area contributed by atoms with E-state index in [0.29, 0.717) is 18.9 Å². The van der Waals surface area contributed by atoms with Crippen LogP contribution in [-0.4, -0.2) is 54.2 Å². The molecule has 3 rings (SSSR count). The van der Waals surface area contributed by atoms with E-state index in [-0.39, 0.29) is 18.5 Å². The van der Waals surface area contributed by atoms with Crippen molar-refractivity contribution >= 4 is 11.9 Å². The number of ether oxygens (including phenoxy) is 1. The number of likely N-dealkylation sites (tertiary alicyclic amines) is 1.